The molecule has 0 radical (unpaired) electrons. The molecular formula is C14H21N3O3. The normalized spacial score (nSPS) is 21.7. The molecule has 1 heterocycles. The molecule has 1 atom stereocenters. The molecule has 1 saturated heterocycles. The molecule has 0 bridgehead atoms. The number of methoxy groups -OCH3 is 1. The maximum Gasteiger partial charge on any atom is 0.319 e. The largest absolute Gasteiger partial charge is 0.378 e. The molecule has 0 aliphatic carbocycles. The molecular weight excluding hydrogens is 258 g/mol. The van der Waals surface area contributed by atoms with Crippen molar-refractivity contribution in [1.29, 1.82) is 0 Å². The van der Waals surface area contributed by atoms with Gasteiger partial charge in [0.15, 0.2) is 0 Å². The lowest BCUT2D eigenvalue weighted by molar-refractivity contribution is -0.0135. The Bertz CT molecular complexity index is 459. The zero-order valence-corrected chi connectivity index (χ0v) is 11.6. The fraction of sp³-hybridized carbons (Fsp3) is 0.500. The second-order valence-corrected chi connectivity index (χ2v) is 4.90. The number of benzene rings is 1. The van der Waals surface area contributed by atoms with Crippen LogP contribution in [-0.2, 0) is 16.0 Å². The summed E-state index contributed by atoms with van der Waals surface area (Å²) >= 11 is 0. The molecule has 1 aromatic carbocycles. The standard InChI is InChI=1S/C14H21N3O3/c1-19-14(5-6-20-10-14)9-16-13(18)17-12-4-2-3-11(7-12)8-15/h2-4,7H,5-6,8-10,15H2,1H3,(H2,16,17,18). The number of nitrogens with two attached hydrogens (primary N) is 1. The Morgan fingerprint density at radius 1 is 1.55 bits per heavy atom. The minimum atomic E-state index is -0.406. The van der Waals surface area contributed by atoms with E-state index in [1.165, 1.54) is 0 Å². The monoisotopic (exact) mass is 279 g/mol. The van der Waals surface area contributed by atoms with Crippen LogP contribution in [0.25, 0.3) is 0 Å². The van der Waals surface area contributed by atoms with E-state index in [0.29, 0.717) is 26.3 Å². The molecule has 110 valence electrons. The van der Waals surface area contributed by atoms with Crippen molar-refractivity contribution < 1.29 is 14.3 Å². The van der Waals surface area contributed by atoms with E-state index in [1.54, 1.807) is 7.11 Å². The number of amides is 2. The van der Waals surface area contributed by atoms with Crippen molar-refractivity contribution in [3.05, 3.63) is 29.8 Å². The van der Waals surface area contributed by atoms with Gasteiger partial charge < -0.3 is 25.8 Å². The van der Waals surface area contributed by atoms with Crippen LogP contribution in [0.1, 0.15) is 12.0 Å². The molecule has 6 nitrogen and oxygen atoms in total. The highest BCUT2D eigenvalue weighted by Crippen LogP contribution is 2.21. The third-order valence-electron chi connectivity index (χ3n) is 3.49. The summed E-state index contributed by atoms with van der Waals surface area (Å²) in [6, 6.07) is 7.19. The third kappa shape index (κ3) is 3.69. The zero-order chi connectivity index (χ0) is 14.4. The van der Waals surface area contributed by atoms with Gasteiger partial charge in [-0.15, -0.1) is 0 Å². The minimum Gasteiger partial charge on any atom is -0.378 e. The van der Waals surface area contributed by atoms with Gasteiger partial charge in [0, 0.05) is 32.4 Å². The maximum absolute atomic E-state index is 11.9. The van der Waals surface area contributed by atoms with E-state index in [0.717, 1.165) is 17.7 Å². The van der Waals surface area contributed by atoms with E-state index < -0.39 is 5.60 Å². The van der Waals surface area contributed by atoms with Crippen LogP contribution in [-0.4, -0.2) is 38.5 Å². The van der Waals surface area contributed by atoms with Crippen molar-refractivity contribution in [2.45, 2.75) is 18.6 Å². The highest BCUT2D eigenvalue weighted by molar-refractivity contribution is 5.89. The Hall–Kier alpha value is -1.63. The first-order valence-corrected chi connectivity index (χ1v) is 6.64. The van der Waals surface area contributed by atoms with Gasteiger partial charge in [0.25, 0.3) is 0 Å². The van der Waals surface area contributed by atoms with Gasteiger partial charge in [0.05, 0.1) is 13.2 Å². The first-order valence-electron chi connectivity index (χ1n) is 6.64. The second-order valence-electron chi connectivity index (χ2n) is 4.90. The van der Waals surface area contributed by atoms with Crippen molar-refractivity contribution in [3.63, 3.8) is 0 Å². The van der Waals surface area contributed by atoms with Crippen LogP contribution in [0.15, 0.2) is 24.3 Å². The molecule has 0 spiro atoms. The highest BCUT2D eigenvalue weighted by Gasteiger charge is 2.35. The van der Waals surface area contributed by atoms with Crippen molar-refractivity contribution in [1.82, 2.24) is 5.32 Å². The molecule has 6 heteroatoms. The Morgan fingerprint density at radius 3 is 3.05 bits per heavy atom. The van der Waals surface area contributed by atoms with Gasteiger partial charge in [-0.05, 0) is 17.7 Å². The first-order chi connectivity index (χ1) is 9.67. The van der Waals surface area contributed by atoms with Gasteiger partial charge in [0.1, 0.15) is 5.60 Å². The summed E-state index contributed by atoms with van der Waals surface area (Å²) < 4.78 is 10.8. The molecule has 1 aromatic rings. The van der Waals surface area contributed by atoms with Crippen LogP contribution in [0.3, 0.4) is 0 Å². The summed E-state index contributed by atoms with van der Waals surface area (Å²) in [6.07, 6.45) is 0.784. The van der Waals surface area contributed by atoms with E-state index in [-0.39, 0.29) is 6.03 Å². The summed E-state index contributed by atoms with van der Waals surface area (Å²) in [7, 11) is 1.64. The van der Waals surface area contributed by atoms with Gasteiger partial charge in [-0.1, -0.05) is 12.1 Å². The van der Waals surface area contributed by atoms with Crippen LogP contribution in [0.2, 0.25) is 0 Å². The lowest BCUT2D eigenvalue weighted by Crippen LogP contribution is -2.46. The topological polar surface area (TPSA) is 85.6 Å². The molecule has 0 saturated carbocycles. The molecule has 1 aliphatic rings. The zero-order valence-electron chi connectivity index (χ0n) is 11.6. The summed E-state index contributed by atoms with van der Waals surface area (Å²) in [4.78, 5) is 11.9. The highest BCUT2D eigenvalue weighted by atomic mass is 16.5. The first kappa shape index (κ1) is 14.8. The van der Waals surface area contributed by atoms with Crippen molar-refractivity contribution in [2.75, 3.05) is 32.2 Å². The van der Waals surface area contributed by atoms with Gasteiger partial charge in [-0.25, -0.2) is 4.79 Å². The van der Waals surface area contributed by atoms with E-state index in [1.807, 2.05) is 24.3 Å². The summed E-state index contributed by atoms with van der Waals surface area (Å²) in [5.41, 5.74) is 6.86. The fourth-order valence-corrected chi connectivity index (χ4v) is 2.15. The Labute approximate surface area is 118 Å². The Balaban J connectivity index is 1.85. The molecule has 1 unspecified atom stereocenters. The van der Waals surface area contributed by atoms with E-state index in [4.69, 9.17) is 15.2 Å². The van der Waals surface area contributed by atoms with Gasteiger partial charge in [0.2, 0.25) is 0 Å². The molecule has 2 amide bonds. The van der Waals surface area contributed by atoms with Gasteiger partial charge in [-0.3, -0.25) is 0 Å². The molecule has 1 fully saturated rings. The van der Waals surface area contributed by atoms with E-state index in [2.05, 4.69) is 10.6 Å². The van der Waals surface area contributed by atoms with Crippen LogP contribution in [0.5, 0.6) is 0 Å². The maximum atomic E-state index is 11.9. The number of ether oxygens (including phenoxy) is 2. The van der Waals surface area contributed by atoms with Crippen LogP contribution >= 0.6 is 0 Å². The lowest BCUT2D eigenvalue weighted by Gasteiger charge is -2.25. The van der Waals surface area contributed by atoms with Gasteiger partial charge >= 0.3 is 6.03 Å². The number of anilines is 1. The number of rotatable bonds is 5. The van der Waals surface area contributed by atoms with Crippen molar-refractivity contribution in [3.8, 4) is 0 Å². The predicted octanol–water partition coefficient (Wildman–Crippen LogP) is 1.07. The predicted molar refractivity (Wildman–Crippen MR) is 76.5 cm³/mol. The third-order valence-corrected chi connectivity index (χ3v) is 3.49. The number of carbonyl (C=O) groups is 1. The second kappa shape index (κ2) is 6.69. The quantitative estimate of drug-likeness (QED) is 0.752. The average molecular weight is 279 g/mol. The van der Waals surface area contributed by atoms with Crippen LogP contribution < -0.4 is 16.4 Å². The lowest BCUT2D eigenvalue weighted by atomic mass is 10.0. The average Bonchev–Trinajstić information content (AvgIpc) is 2.95. The number of nitrogens with one attached hydrogen (secondary N) is 2. The smallest absolute Gasteiger partial charge is 0.319 e. The molecule has 20 heavy (non-hydrogen) atoms. The number of carbonyl (C=O) groups excluding carboxylic acids is 1. The Kier molecular flexibility index (Phi) is 4.94. The fourth-order valence-electron chi connectivity index (χ4n) is 2.15. The van der Waals surface area contributed by atoms with E-state index in [9.17, 15) is 4.79 Å². The summed E-state index contributed by atoms with van der Waals surface area (Å²) in [5.74, 6) is 0. The number of urea groups is 1. The SMILES string of the molecule is COC1(CNC(=O)Nc2cccc(CN)c2)CCOC1. The molecule has 4 N–H and O–H groups in total. The van der Waals surface area contributed by atoms with Crippen LogP contribution in [0.4, 0.5) is 10.5 Å². The summed E-state index contributed by atoms with van der Waals surface area (Å²) in [6.45, 7) is 2.04. The van der Waals surface area contributed by atoms with Crippen molar-refractivity contribution >= 4 is 11.7 Å². The van der Waals surface area contributed by atoms with Crippen LogP contribution in [0, 0.1) is 0 Å². The number of hydrogen-bond donors (Lipinski definition) is 3. The molecule has 0 aromatic heterocycles. The molecule has 2 rings (SSSR count). The van der Waals surface area contributed by atoms with Gasteiger partial charge in [-0.2, -0.15) is 0 Å². The molecule has 1 aliphatic heterocycles. The Morgan fingerprint density at radius 2 is 2.40 bits per heavy atom. The summed E-state index contributed by atoms with van der Waals surface area (Å²) in [5, 5.41) is 5.60. The van der Waals surface area contributed by atoms with Crippen molar-refractivity contribution in [2.24, 2.45) is 5.73 Å². The number of hydrogen-bond acceptors (Lipinski definition) is 4. The minimum absolute atomic E-state index is 0.262. The van der Waals surface area contributed by atoms with E-state index >= 15 is 0 Å².